The molecule has 0 aliphatic carbocycles. The van der Waals surface area contributed by atoms with Gasteiger partial charge in [0.2, 0.25) is 11.1 Å². The van der Waals surface area contributed by atoms with Gasteiger partial charge < -0.3 is 9.64 Å². The number of hydrogen-bond acceptors (Lipinski definition) is 7. The van der Waals surface area contributed by atoms with Crippen LogP contribution in [0.15, 0.2) is 46.2 Å². The Kier molecular flexibility index (Phi) is 6.24. The van der Waals surface area contributed by atoms with Crippen LogP contribution in [0.2, 0.25) is 0 Å². The highest BCUT2D eigenvalue weighted by Crippen LogP contribution is 2.26. The highest BCUT2D eigenvalue weighted by molar-refractivity contribution is 7.99. The van der Waals surface area contributed by atoms with Crippen LogP contribution in [0.1, 0.15) is 12.5 Å². The zero-order chi connectivity index (χ0) is 18.4. The topological polar surface area (TPSA) is 73.1 Å². The van der Waals surface area contributed by atoms with Crippen LogP contribution in [0, 0.1) is 0 Å². The highest BCUT2D eigenvalue weighted by atomic mass is 32.2. The van der Waals surface area contributed by atoms with Gasteiger partial charge in [0.05, 0.1) is 12.4 Å². The Labute approximate surface area is 160 Å². The normalized spacial score (nSPS) is 10.7. The lowest BCUT2D eigenvalue weighted by Crippen LogP contribution is -2.27. The lowest BCUT2D eigenvalue weighted by atomic mass is 10.3. The number of hydrogen-bond donors (Lipinski definition) is 0. The largest absolute Gasteiger partial charge is 0.492 e. The molecule has 0 atom stereocenters. The van der Waals surface area contributed by atoms with Gasteiger partial charge in [-0.2, -0.15) is 16.0 Å². The maximum Gasteiger partial charge on any atom is 0.233 e. The van der Waals surface area contributed by atoms with E-state index in [1.54, 1.807) is 28.0 Å². The second-order valence-corrected chi connectivity index (χ2v) is 7.17. The predicted octanol–water partition coefficient (Wildman–Crippen LogP) is 2.87. The van der Waals surface area contributed by atoms with Gasteiger partial charge in [-0.05, 0) is 51.9 Å². The van der Waals surface area contributed by atoms with Crippen molar-refractivity contribution in [3.63, 3.8) is 0 Å². The number of aromatic nitrogens is 4. The Morgan fingerprint density at radius 1 is 1.35 bits per heavy atom. The Hall–Kier alpha value is -2.39. The van der Waals surface area contributed by atoms with Crippen LogP contribution in [0.4, 0.5) is 0 Å². The first-order valence-electron chi connectivity index (χ1n) is 8.07. The number of thioether (sulfide) groups is 1. The zero-order valence-electron chi connectivity index (χ0n) is 14.5. The Morgan fingerprint density at radius 3 is 2.96 bits per heavy atom. The molecule has 0 bridgehead atoms. The summed E-state index contributed by atoms with van der Waals surface area (Å²) in [6.45, 7) is 3.07. The molecule has 0 saturated heterocycles. The standard InChI is InChI=1S/C17H19N5O2S2/c1-3-24-15-7-5-4-6-14(15)22-17(18-19-20-22)26-12-16(23)21(2)10-13-8-9-25-11-13/h4-9,11H,3,10,12H2,1-2H3. The van der Waals surface area contributed by atoms with Gasteiger partial charge in [0.1, 0.15) is 11.4 Å². The van der Waals surface area contributed by atoms with Crippen molar-refractivity contribution >= 4 is 29.0 Å². The maximum absolute atomic E-state index is 12.4. The number of thiophene rings is 1. The van der Waals surface area contributed by atoms with Crippen LogP contribution in [-0.2, 0) is 11.3 Å². The van der Waals surface area contributed by atoms with Gasteiger partial charge in [-0.1, -0.05) is 23.9 Å². The third-order valence-electron chi connectivity index (χ3n) is 3.58. The molecule has 0 spiro atoms. The molecule has 7 nitrogen and oxygen atoms in total. The number of carbonyl (C=O) groups excluding carboxylic acids is 1. The van der Waals surface area contributed by atoms with Crippen LogP contribution in [0.25, 0.3) is 5.69 Å². The summed E-state index contributed by atoms with van der Waals surface area (Å²) in [6, 6.07) is 9.57. The summed E-state index contributed by atoms with van der Waals surface area (Å²) < 4.78 is 7.24. The van der Waals surface area contributed by atoms with Gasteiger partial charge in [0, 0.05) is 13.6 Å². The molecule has 2 heterocycles. The van der Waals surface area contributed by atoms with Crippen molar-refractivity contribution < 1.29 is 9.53 Å². The molecule has 136 valence electrons. The molecule has 1 aromatic carbocycles. The second kappa shape index (κ2) is 8.81. The molecule has 0 aliphatic heterocycles. The smallest absolute Gasteiger partial charge is 0.233 e. The van der Waals surface area contributed by atoms with Crippen LogP contribution in [-0.4, -0.2) is 50.4 Å². The van der Waals surface area contributed by atoms with Crippen molar-refractivity contribution in [2.24, 2.45) is 0 Å². The van der Waals surface area contributed by atoms with Gasteiger partial charge in [0.25, 0.3) is 0 Å². The molecular formula is C17H19N5O2S2. The molecule has 0 radical (unpaired) electrons. The molecule has 2 aromatic heterocycles. The molecule has 1 amide bonds. The zero-order valence-corrected chi connectivity index (χ0v) is 16.2. The summed E-state index contributed by atoms with van der Waals surface area (Å²) in [6.07, 6.45) is 0. The number of tetrazole rings is 1. The van der Waals surface area contributed by atoms with Crippen molar-refractivity contribution in [3.8, 4) is 11.4 Å². The van der Waals surface area contributed by atoms with E-state index in [1.165, 1.54) is 11.8 Å². The molecule has 26 heavy (non-hydrogen) atoms. The summed E-state index contributed by atoms with van der Waals surface area (Å²) in [4.78, 5) is 14.1. The third-order valence-corrected chi connectivity index (χ3v) is 5.22. The molecule has 0 aliphatic rings. The highest BCUT2D eigenvalue weighted by Gasteiger charge is 2.16. The molecule has 0 fully saturated rings. The average Bonchev–Trinajstić information content (AvgIpc) is 3.32. The van der Waals surface area contributed by atoms with E-state index in [2.05, 4.69) is 15.5 Å². The molecule has 0 unspecified atom stereocenters. The van der Waals surface area contributed by atoms with E-state index in [-0.39, 0.29) is 11.7 Å². The summed E-state index contributed by atoms with van der Waals surface area (Å²) in [5.41, 5.74) is 1.88. The van der Waals surface area contributed by atoms with Crippen LogP contribution in [0.5, 0.6) is 5.75 Å². The van der Waals surface area contributed by atoms with Crippen LogP contribution < -0.4 is 4.74 Å². The Bertz CT molecular complexity index is 850. The lowest BCUT2D eigenvalue weighted by molar-refractivity contribution is -0.127. The molecule has 0 saturated carbocycles. The summed E-state index contributed by atoms with van der Waals surface area (Å²) in [5, 5.41) is 16.4. The summed E-state index contributed by atoms with van der Waals surface area (Å²) >= 11 is 2.93. The van der Waals surface area contributed by atoms with Gasteiger partial charge in [0.15, 0.2) is 0 Å². The Morgan fingerprint density at radius 2 is 2.19 bits per heavy atom. The maximum atomic E-state index is 12.4. The van der Waals surface area contributed by atoms with E-state index in [4.69, 9.17) is 4.74 Å². The van der Waals surface area contributed by atoms with Crippen molar-refractivity contribution in [2.45, 2.75) is 18.6 Å². The lowest BCUT2D eigenvalue weighted by Gasteiger charge is -2.16. The monoisotopic (exact) mass is 389 g/mol. The average molecular weight is 390 g/mol. The van der Waals surface area contributed by atoms with Gasteiger partial charge in [-0.15, -0.1) is 5.10 Å². The molecule has 3 aromatic rings. The third kappa shape index (κ3) is 4.41. The van der Waals surface area contributed by atoms with E-state index in [1.807, 2.05) is 48.0 Å². The minimum Gasteiger partial charge on any atom is -0.492 e. The molecular weight excluding hydrogens is 370 g/mol. The fourth-order valence-corrected chi connectivity index (χ4v) is 3.80. The fraction of sp³-hybridized carbons (Fsp3) is 0.294. The van der Waals surface area contributed by atoms with Crippen LogP contribution in [0.3, 0.4) is 0 Å². The minimum atomic E-state index is 0.0221. The molecule has 9 heteroatoms. The minimum absolute atomic E-state index is 0.0221. The van der Waals surface area contributed by atoms with Crippen LogP contribution >= 0.6 is 23.1 Å². The number of benzene rings is 1. The van der Waals surface area contributed by atoms with E-state index < -0.39 is 0 Å². The number of para-hydroxylation sites is 2. The van der Waals surface area contributed by atoms with E-state index in [0.717, 1.165) is 11.3 Å². The van der Waals surface area contributed by atoms with Crippen molar-refractivity contribution in [1.82, 2.24) is 25.1 Å². The summed E-state index contributed by atoms with van der Waals surface area (Å²) in [5.74, 6) is 0.983. The fourth-order valence-electron chi connectivity index (χ4n) is 2.31. The number of amides is 1. The first kappa shape index (κ1) is 18.4. The van der Waals surface area contributed by atoms with Crippen molar-refractivity contribution in [3.05, 3.63) is 46.7 Å². The first-order chi connectivity index (χ1) is 12.7. The van der Waals surface area contributed by atoms with Gasteiger partial charge >= 0.3 is 0 Å². The number of nitrogens with zero attached hydrogens (tertiary/aromatic N) is 5. The SMILES string of the molecule is CCOc1ccccc1-n1nnnc1SCC(=O)N(C)Cc1ccsc1. The van der Waals surface area contributed by atoms with Gasteiger partial charge in [-0.25, -0.2) is 0 Å². The number of rotatable bonds is 8. The molecule has 0 N–H and O–H groups in total. The molecule has 3 rings (SSSR count). The van der Waals surface area contributed by atoms with Gasteiger partial charge in [-0.3, -0.25) is 4.79 Å². The van der Waals surface area contributed by atoms with Crippen molar-refractivity contribution in [2.75, 3.05) is 19.4 Å². The summed E-state index contributed by atoms with van der Waals surface area (Å²) in [7, 11) is 1.80. The van der Waals surface area contributed by atoms with Crippen molar-refractivity contribution in [1.29, 1.82) is 0 Å². The quantitative estimate of drug-likeness (QED) is 0.552. The Balaban J connectivity index is 1.67. The van der Waals surface area contributed by atoms with E-state index >= 15 is 0 Å². The van der Waals surface area contributed by atoms with E-state index in [9.17, 15) is 4.79 Å². The first-order valence-corrected chi connectivity index (χ1v) is 10.00. The second-order valence-electron chi connectivity index (χ2n) is 5.44. The number of carbonyl (C=O) groups is 1. The predicted molar refractivity (Wildman–Crippen MR) is 102 cm³/mol. The van der Waals surface area contributed by atoms with E-state index in [0.29, 0.717) is 24.1 Å². The number of ether oxygens (including phenoxy) is 1.